The summed E-state index contributed by atoms with van der Waals surface area (Å²) in [5.41, 5.74) is 4.77. The number of halogens is 2. The van der Waals surface area contributed by atoms with Crippen LogP contribution in [0.3, 0.4) is 0 Å². The molecule has 1 heterocycles. The zero-order chi connectivity index (χ0) is 7.78. The number of nitrogens with zero attached hydrogens (tertiary/aromatic N) is 1. The molecule has 1 fully saturated rings. The minimum absolute atomic E-state index is 0.0599. The van der Waals surface area contributed by atoms with Gasteiger partial charge in [0.05, 0.1) is 19.6 Å². The van der Waals surface area contributed by atoms with Gasteiger partial charge in [-0.05, 0) is 0 Å². The summed E-state index contributed by atoms with van der Waals surface area (Å²) < 4.78 is 24.1. The van der Waals surface area contributed by atoms with Gasteiger partial charge in [-0.1, -0.05) is 0 Å². The Bertz CT molecular complexity index is 152. The van der Waals surface area contributed by atoms with E-state index in [1.165, 1.54) is 4.90 Å². The summed E-state index contributed by atoms with van der Waals surface area (Å²) in [6, 6.07) is 0. The average Bonchev–Trinajstić information content (AvgIpc) is 1.57. The number of nitrogens with two attached hydrogens (primary N) is 1. The van der Waals surface area contributed by atoms with Crippen LogP contribution in [0, 0.1) is 0 Å². The molecule has 0 aromatic heterocycles. The van der Waals surface area contributed by atoms with Gasteiger partial charge in [-0.25, -0.2) is 8.78 Å². The van der Waals surface area contributed by atoms with Gasteiger partial charge in [-0.15, -0.1) is 0 Å². The molecule has 10 heavy (non-hydrogen) atoms. The van der Waals surface area contributed by atoms with E-state index in [1.807, 2.05) is 0 Å². The van der Waals surface area contributed by atoms with Gasteiger partial charge in [0.15, 0.2) is 0 Å². The molecule has 1 saturated heterocycles. The largest absolute Gasteiger partial charge is 0.369 e. The summed E-state index contributed by atoms with van der Waals surface area (Å²) >= 11 is 0. The number of rotatable bonds is 2. The summed E-state index contributed by atoms with van der Waals surface area (Å²) in [6.45, 7) is -0.735. The molecule has 0 bridgehead atoms. The standard InChI is InChI=1S/C5H8F2N2O/c6-5(7)2-9(3-5)1-4(8)10/h1-3H2,(H2,8,10). The van der Waals surface area contributed by atoms with Gasteiger partial charge in [0.1, 0.15) is 0 Å². The van der Waals surface area contributed by atoms with Crippen LogP contribution >= 0.6 is 0 Å². The van der Waals surface area contributed by atoms with Gasteiger partial charge in [0.2, 0.25) is 5.91 Å². The average molecular weight is 150 g/mol. The maximum absolute atomic E-state index is 12.0. The van der Waals surface area contributed by atoms with Crippen molar-refractivity contribution >= 4 is 5.91 Å². The maximum Gasteiger partial charge on any atom is 0.272 e. The van der Waals surface area contributed by atoms with Crippen LogP contribution in [0.1, 0.15) is 0 Å². The minimum atomic E-state index is -2.60. The topological polar surface area (TPSA) is 46.3 Å². The zero-order valence-electron chi connectivity index (χ0n) is 5.31. The van der Waals surface area contributed by atoms with Crippen LogP contribution in [-0.2, 0) is 4.79 Å². The molecule has 0 saturated carbocycles. The summed E-state index contributed by atoms with van der Waals surface area (Å²) in [7, 11) is 0. The SMILES string of the molecule is NC(=O)CN1CC(F)(F)C1. The van der Waals surface area contributed by atoms with Gasteiger partial charge in [-0.2, -0.15) is 0 Å². The molecule has 0 aromatic carbocycles. The van der Waals surface area contributed by atoms with Crippen LogP contribution in [0.25, 0.3) is 0 Å². The van der Waals surface area contributed by atoms with Crippen LogP contribution in [0.15, 0.2) is 0 Å². The molecular weight excluding hydrogens is 142 g/mol. The number of hydrogen-bond acceptors (Lipinski definition) is 2. The third-order valence-electron chi connectivity index (χ3n) is 1.29. The molecule has 0 radical (unpaired) electrons. The smallest absolute Gasteiger partial charge is 0.272 e. The highest BCUT2D eigenvalue weighted by Gasteiger charge is 2.43. The Morgan fingerprint density at radius 1 is 1.60 bits per heavy atom. The molecule has 3 nitrogen and oxygen atoms in total. The Kier molecular flexibility index (Phi) is 1.60. The second kappa shape index (κ2) is 2.16. The lowest BCUT2D eigenvalue weighted by molar-refractivity contribution is -0.142. The fraction of sp³-hybridized carbons (Fsp3) is 0.800. The van der Waals surface area contributed by atoms with E-state index in [0.29, 0.717) is 0 Å². The van der Waals surface area contributed by atoms with Crippen molar-refractivity contribution in [2.75, 3.05) is 19.6 Å². The number of carbonyl (C=O) groups is 1. The van der Waals surface area contributed by atoms with Gasteiger partial charge < -0.3 is 5.73 Å². The first-order chi connectivity index (χ1) is 4.49. The first kappa shape index (κ1) is 7.40. The number of carbonyl (C=O) groups excluding carboxylic acids is 1. The highest BCUT2D eigenvalue weighted by atomic mass is 19.3. The van der Waals surface area contributed by atoms with E-state index in [2.05, 4.69) is 0 Å². The fourth-order valence-corrected chi connectivity index (χ4v) is 0.940. The van der Waals surface area contributed by atoms with Crippen molar-refractivity contribution in [3.63, 3.8) is 0 Å². The van der Waals surface area contributed by atoms with E-state index in [-0.39, 0.29) is 19.6 Å². The monoisotopic (exact) mass is 150 g/mol. The van der Waals surface area contributed by atoms with Crippen LogP contribution in [0.4, 0.5) is 8.78 Å². The first-order valence-corrected chi connectivity index (χ1v) is 2.88. The van der Waals surface area contributed by atoms with Gasteiger partial charge in [-0.3, -0.25) is 9.69 Å². The zero-order valence-corrected chi connectivity index (χ0v) is 5.31. The van der Waals surface area contributed by atoms with Gasteiger partial charge in [0, 0.05) is 0 Å². The van der Waals surface area contributed by atoms with E-state index in [1.54, 1.807) is 0 Å². The molecule has 1 rings (SSSR count). The summed E-state index contributed by atoms with van der Waals surface area (Å²) in [5, 5.41) is 0. The fourth-order valence-electron chi connectivity index (χ4n) is 0.940. The highest BCUT2D eigenvalue weighted by Crippen LogP contribution is 2.25. The Hall–Kier alpha value is -0.710. The van der Waals surface area contributed by atoms with Crippen LogP contribution in [-0.4, -0.2) is 36.4 Å². The molecule has 58 valence electrons. The Morgan fingerprint density at radius 2 is 2.10 bits per heavy atom. The van der Waals surface area contributed by atoms with E-state index in [9.17, 15) is 13.6 Å². The van der Waals surface area contributed by atoms with Crippen molar-refractivity contribution in [1.29, 1.82) is 0 Å². The lowest BCUT2D eigenvalue weighted by Gasteiger charge is -2.37. The molecule has 0 aromatic rings. The predicted molar refractivity (Wildman–Crippen MR) is 30.6 cm³/mol. The summed E-state index contributed by atoms with van der Waals surface area (Å²) in [6.07, 6.45) is 0. The lowest BCUT2D eigenvalue weighted by atomic mass is 10.1. The Labute approximate surface area is 56.8 Å². The number of alkyl halides is 2. The number of amides is 1. The van der Waals surface area contributed by atoms with E-state index in [4.69, 9.17) is 5.73 Å². The van der Waals surface area contributed by atoms with Crippen LogP contribution in [0.2, 0.25) is 0 Å². The van der Waals surface area contributed by atoms with Crippen molar-refractivity contribution in [3.05, 3.63) is 0 Å². The van der Waals surface area contributed by atoms with Crippen LogP contribution < -0.4 is 5.73 Å². The molecule has 0 aliphatic carbocycles. The van der Waals surface area contributed by atoms with Crippen molar-refractivity contribution in [1.82, 2.24) is 4.90 Å². The van der Waals surface area contributed by atoms with E-state index >= 15 is 0 Å². The summed E-state index contributed by atoms with van der Waals surface area (Å²) in [5.74, 6) is -3.16. The molecule has 5 heteroatoms. The Balaban J connectivity index is 2.21. The third kappa shape index (κ3) is 1.63. The molecule has 1 amide bonds. The molecule has 2 N–H and O–H groups in total. The lowest BCUT2D eigenvalue weighted by Crippen LogP contribution is -2.58. The normalized spacial score (nSPS) is 23.8. The second-order valence-electron chi connectivity index (χ2n) is 2.47. The van der Waals surface area contributed by atoms with Crippen molar-refractivity contribution in [2.24, 2.45) is 5.73 Å². The van der Waals surface area contributed by atoms with Crippen LogP contribution in [0.5, 0.6) is 0 Å². The van der Waals surface area contributed by atoms with Crippen molar-refractivity contribution in [2.45, 2.75) is 5.92 Å². The summed E-state index contributed by atoms with van der Waals surface area (Å²) in [4.78, 5) is 11.5. The maximum atomic E-state index is 12.0. The third-order valence-corrected chi connectivity index (χ3v) is 1.29. The Morgan fingerprint density at radius 3 is 2.40 bits per heavy atom. The molecule has 1 aliphatic rings. The predicted octanol–water partition coefficient (Wildman–Crippen LogP) is -0.577. The van der Waals surface area contributed by atoms with E-state index < -0.39 is 11.8 Å². The quantitative estimate of drug-likeness (QED) is 0.572. The first-order valence-electron chi connectivity index (χ1n) is 2.88. The number of primary amides is 1. The number of likely N-dealkylation sites (tertiary alicyclic amines) is 1. The van der Waals surface area contributed by atoms with Gasteiger partial charge in [0.25, 0.3) is 5.92 Å². The molecular formula is C5H8F2N2O. The van der Waals surface area contributed by atoms with Crippen molar-refractivity contribution < 1.29 is 13.6 Å². The van der Waals surface area contributed by atoms with Crippen molar-refractivity contribution in [3.8, 4) is 0 Å². The molecule has 1 aliphatic heterocycles. The molecule has 0 spiro atoms. The highest BCUT2D eigenvalue weighted by molar-refractivity contribution is 5.76. The molecule has 0 atom stereocenters. The minimum Gasteiger partial charge on any atom is -0.369 e. The van der Waals surface area contributed by atoms with Gasteiger partial charge >= 0.3 is 0 Å². The molecule has 0 unspecified atom stereocenters. The van der Waals surface area contributed by atoms with E-state index in [0.717, 1.165) is 0 Å². The second-order valence-corrected chi connectivity index (χ2v) is 2.47. The number of hydrogen-bond donors (Lipinski definition) is 1.